The third-order valence-electron chi connectivity index (χ3n) is 3.65. The van der Waals surface area contributed by atoms with E-state index >= 15 is 0 Å². The van der Waals surface area contributed by atoms with Crippen molar-refractivity contribution in [2.24, 2.45) is 4.99 Å². The fraction of sp³-hybridized carbons (Fsp3) is 0.529. The Morgan fingerprint density at radius 1 is 1.36 bits per heavy atom. The SMILES string of the molecule is CCOC(=NCCN1CCCC1)NC(=O)c1cccc(C)c1. The highest BCUT2D eigenvalue weighted by molar-refractivity contribution is 6.04. The minimum atomic E-state index is -0.183. The molecular weight excluding hydrogens is 278 g/mol. The maximum atomic E-state index is 12.2. The summed E-state index contributed by atoms with van der Waals surface area (Å²) in [6.07, 6.45) is 2.54. The van der Waals surface area contributed by atoms with Gasteiger partial charge in [0, 0.05) is 12.1 Å². The van der Waals surface area contributed by atoms with Gasteiger partial charge in [0.2, 0.25) is 0 Å². The molecule has 1 heterocycles. The number of rotatable bonds is 5. The van der Waals surface area contributed by atoms with E-state index in [1.807, 2.05) is 32.0 Å². The Kier molecular flexibility index (Phi) is 6.40. The van der Waals surface area contributed by atoms with Gasteiger partial charge in [0.05, 0.1) is 13.2 Å². The predicted octanol–water partition coefficient (Wildman–Crippen LogP) is 2.21. The molecule has 5 nitrogen and oxygen atoms in total. The quantitative estimate of drug-likeness (QED) is 0.670. The van der Waals surface area contributed by atoms with Crippen LogP contribution in [0.4, 0.5) is 0 Å². The van der Waals surface area contributed by atoms with E-state index in [-0.39, 0.29) is 5.91 Å². The van der Waals surface area contributed by atoms with Gasteiger partial charge in [-0.05, 0) is 51.9 Å². The predicted molar refractivity (Wildman–Crippen MR) is 88.2 cm³/mol. The largest absolute Gasteiger partial charge is 0.465 e. The molecule has 22 heavy (non-hydrogen) atoms. The Balaban J connectivity index is 1.90. The second kappa shape index (κ2) is 8.54. The molecule has 0 aromatic heterocycles. The summed E-state index contributed by atoms with van der Waals surface area (Å²) < 4.78 is 5.43. The molecule has 0 bridgehead atoms. The van der Waals surface area contributed by atoms with Crippen LogP contribution in [0.1, 0.15) is 35.7 Å². The van der Waals surface area contributed by atoms with Gasteiger partial charge in [-0.1, -0.05) is 17.7 Å². The van der Waals surface area contributed by atoms with Gasteiger partial charge in [-0.25, -0.2) is 4.99 Å². The van der Waals surface area contributed by atoms with Crippen molar-refractivity contribution >= 4 is 11.9 Å². The van der Waals surface area contributed by atoms with Crippen LogP contribution < -0.4 is 5.32 Å². The van der Waals surface area contributed by atoms with Gasteiger partial charge in [-0.3, -0.25) is 10.1 Å². The lowest BCUT2D eigenvalue weighted by Crippen LogP contribution is -2.33. The van der Waals surface area contributed by atoms with Crippen molar-refractivity contribution in [3.05, 3.63) is 35.4 Å². The van der Waals surface area contributed by atoms with Gasteiger partial charge in [-0.2, -0.15) is 0 Å². The van der Waals surface area contributed by atoms with Gasteiger partial charge in [0.1, 0.15) is 0 Å². The highest BCUT2D eigenvalue weighted by atomic mass is 16.5. The number of aryl methyl sites for hydroxylation is 1. The highest BCUT2D eigenvalue weighted by Gasteiger charge is 2.12. The number of benzene rings is 1. The number of nitrogens with one attached hydrogen (secondary N) is 1. The number of aliphatic imine (C=N–C) groups is 1. The number of hydrogen-bond acceptors (Lipinski definition) is 4. The van der Waals surface area contributed by atoms with E-state index in [9.17, 15) is 4.79 Å². The van der Waals surface area contributed by atoms with E-state index in [0.717, 1.165) is 25.2 Å². The average molecular weight is 303 g/mol. The fourth-order valence-corrected chi connectivity index (χ4v) is 2.51. The number of ether oxygens (including phenoxy) is 1. The number of nitrogens with zero attached hydrogens (tertiary/aromatic N) is 2. The number of amidine groups is 1. The normalized spacial score (nSPS) is 15.8. The Morgan fingerprint density at radius 3 is 2.82 bits per heavy atom. The summed E-state index contributed by atoms with van der Waals surface area (Å²) in [5.74, 6) is -0.183. The van der Waals surface area contributed by atoms with Crippen LogP contribution in [-0.4, -0.2) is 49.6 Å². The van der Waals surface area contributed by atoms with Crippen molar-refractivity contribution in [2.75, 3.05) is 32.8 Å². The topological polar surface area (TPSA) is 53.9 Å². The molecule has 0 saturated carbocycles. The van der Waals surface area contributed by atoms with Gasteiger partial charge in [-0.15, -0.1) is 0 Å². The summed E-state index contributed by atoms with van der Waals surface area (Å²) in [4.78, 5) is 19.0. The molecule has 1 aromatic carbocycles. The summed E-state index contributed by atoms with van der Waals surface area (Å²) in [5.41, 5.74) is 1.67. The fourth-order valence-electron chi connectivity index (χ4n) is 2.51. The lowest BCUT2D eigenvalue weighted by molar-refractivity contribution is 0.0966. The third-order valence-corrected chi connectivity index (χ3v) is 3.65. The molecular formula is C17H25N3O2. The minimum absolute atomic E-state index is 0.183. The van der Waals surface area contributed by atoms with Gasteiger partial charge >= 0.3 is 0 Å². The maximum Gasteiger partial charge on any atom is 0.291 e. The molecule has 120 valence electrons. The molecule has 1 aliphatic heterocycles. The zero-order valence-corrected chi connectivity index (χ0v) is 13.5. The molecule has 1 saturated heterocycles. The van der Waals surface area contributed by atoms with E-state index < -0.39 is 0 Å². The van der Waals surface area contributed by atoms with E-state index in [1.54, 1.807) is 6.07 Å². The van der Waals surface area contributed by atoms with E-state index in [2.05, 4.69) is 15.2 Å². The van der Waals surface area contributed by atoms with Crippen molar-refractivity contribution < 1.29 is 9.53 Å². The first-order valence-corrected chi connectivity index (χ1v) is 7.96. The van der Waals surface area contributed by atoms with Crippen LogP contribution >= 0.6 is 0 Å². The third kappa shape index (κ3) is 5.15. The van der Waals surface area contributed by atoms with E-state index in [1.165, 1.54) is 12.8 Å². The van der Waals surface area contributed by atoms with Gasteiger partial charge in [0.15, 0.2) is 0 Å². The molecule has 2 rings (SSSR count). The van der Waals surface area contributed by atoms with E-state index in [0.29, 0.717) is 24.7 Å². The molecule has 1 amide bonds. The number of carbonyl (C=O) groups excluding carboxylic acids is 1. The molecule has 1 aliphatic rings. The molecule has 0 unspecified atom stereocenters. The standard InChI is InChI=1S/C17H25N3O2/c1-3-22-17(18-9-12-20-10-4-5-11-20)19-16(21)15-8-6-7-14(2)13-15/h6-8,13H,3-5,9-12H2,1-2H3,(H,18,19,21). The monoisotopic (exact) mass is 303 g/mol. The maximum absolute atomic E-state index is 12.2. The Hall–Kier alpha value is -1.88. The zero-order chi connectivity index (χ0) is 15.8. The second-order valence-corrected chi connectivity index (χ2v) is 5.49. The lowest BCUT2D eigenvalue weighted by Gasteiger charge is -2.13. The molecule has 0 atom stereocenters. The van der Waals surface area contributed by atoms with Crippen molar-refractivity contribution in [2.45, 2.75) is 26.7 Å². The second-order valence-electron chi connectivity index (χ2n) is 5.49. The first-order chi connectivity index (χ1) is 10.7. The molecule has 1 aromatic rings. The zero-order valence-electron chi connectivity index (χ0n) is 13.5. The van der Waals surface area contributed by atoms with Gasteiger partial charge < -0.3 is 9.64 Å². The molecule has 0 radical (unpaired) electrons. The Labute approximate surface area is 132 Å². The van der Waals surface area contributed by atoms with Crippen LogP contribution in [0.25, 0.3) is 0 Å². The number of likely N-dealkylation sites (tertiary alicyclic amines) is 1. The number of carbonyl (C=O) groups is 1. The van der Waals surface area contributed by atoms with Crippen molar-refractivity contribution in [3.63, 3.8) is 0 Å². The summed E-state index contributed by atoms with van der Waals surface area (Å²) in [5, 5.41) is 2.76. The summed E-state index contributed by atoms with van der Waals surface area (Å²) in [6.45, 7) is 8.18. The highest BCUT2D eigenvalue weighted by Crippen LogP contribution is 2.06. The van der Waals surface area contributed by atoms with Crippen LogP contribution in [0.2, 0.25) is 0 Å². The van der Waals surface area contributed by atoms with Crippen molar-refractivity contribution in [1.82, 2.24) is 10.2 Å². The van der Waals surface area contributed by atoms with Gasteiger partial charge in [0.25, 0.3) is 11.9 Å². The molecule has 1 N–H and O–H groups in total. The van der Waals surface area contributed by atoms with Crippen molar-refractivity contribution in [3.8, 4) is 0 Å². The lowest BCUT2D eigenvalue weighted by atomic mass is 10.1. The van der Waals surface area contributed by atoms with Crippen LogP contribution in [0, 0.1) is 6.92 Å². The summed E-state index contributed by atoms with van der Waals surface area (Å²) >= 11 is 0. The minimum Gasteiger partial charge on any atom is -0.465 e. The smallest absolute Gasteiger partial charge is 0.291 e. The van der Waals surface area contributed by atoms with Crippen LogP contribution in [0.5, 0.6) is 0 Å². The summed E-state index contributed by atoms with van der Waals surface area (Å²) in [6, 6.07) is 7.78. The Bertz CT molecular complexity index is 522. The van der Waals surface area contributed by atoms with Crippen LogP contribution in [0.15, 0.2) is 29.3 Å². The molecule has 0 aliphatic carbocycles. The first-order valence-electron chi connectivity index (χ1n) is 7.96. The first kappa shape index (κ1) is 16.5. The van der Waals surface area contributed by atoms with Crippen molar-refractivity contribution in [1.29, 1.82) is 0 Å². The molecule has 0 spiro atoms. The number of hydrogen-bond donors (Lipinski definition) is 1. The summed E-state index contributed by atoms with van der Waals surface area (Å²) in [7, 11) is 0. The number of amides is 1. The molecule has 1 fully saturated rings. The average Bonchev–Trinajstić information content (AvgIpc) is 3.00. The Morgan fingerprint density at radius 2 is 2.14 bits per heavy atom. The van der Waals surface area contributed by atoms with Crippen LogP contribution in [-0.2, 0) is 4.74 Å². The molecule has 5 heteroatoms. The van der Waals surface area contributed by atoms with E-state index in [4.69, 9.17) is 4.74 Å². The van der Waals surface area contributed by atoms with Crippen LogP contribution in [0.3, 0.4) is 0 Å².